The first kappa shape index (κ1) is 22.6. The van der Waals surface area contributed by atoms with E-state index in [0.29, 0.717) is 18.7 Å². The molecule has 0 saturated carbocycles. The molecule has 0 aliphatic rings. The van der Waals surface area contributed by atoms with E-state index < -0.39 is 5.97 Å². The number of aliphatic carboxylic acids is 1. The summed E-state index contributed by atoms with van der Waals surface area (Å²) in [7, 11) is 0.699. The van der Waals surface area contributed by atoms with Gasteiger partial charge in [-0.1, -0.05) is 36.8 Å². The number of carboxylic acid groups (broad SMARTS) is 1. The number of rotatable bonds is 7. The van der Waals surface area contributed by atoms with Gasteiger partial charge in [-0.25, -0.2) is 4.98 Å². The number of anilines is 1. The molecule has 0 spiro atoms. The number of benzene rings is 1. The van der Waals surface area contributed by atoms with Gasteiger partial charge < -0.3 is 10.8 Å². The van der Waals surface area contributed by atoms with Crippen LogP contribution in [0.4, 0.5) is 5.82 Å². The molecule has 0 fully saturated rings. The zero-order valence-electron chi connectivity index (χ0n) is 18.9. The Hall–Kier alpha value is -4.18. The Kier molecular flexibility index (Phi) is 6.20. The van der Waals surface area contributed by atoms with Gasteiger partial charge in [0, 0.05) is 40.2 Å². The van der Waals surface area contributed by atoms with Gasteiger partial charge in [-0.15, -0.1) is 0 Å². The fourth-order valence-electron chi connectivity index (χ4n) is 3.85. The molecule has 4 aromatic heterocycles. The Morgan fingerprint density at radius 3 is 2.57 bits per heavy atom. The van der Waals surface area contributed by atoms with Crippen LogP contribution in [0.2, 0.25) is 6.82 Å². The Balaban J connectivity index is 1.51. The molecule has 172 valence electrons. The zero-order valence-corrected chi connectivity index (χ0v) is 19.7. The van der Waals surface area contributed by atoms with Crippen molar-refractivity contribution in [3.8, 4) is 22.4 Å². The largest absolute Gasteiger partial charge is 0.481 e. The first-order valence-electron chi connectivity index (χ1n) is 11.0. The number of carbonyl (C=O) groups is 1. The average molecular weight is 480 g/mol. The molecule has 8 nitrogen and oxygen atoms in total. The fraction of sp³-hybridized carbons (Fsp3) is 0.0800. The molecular formula is C25H21BN6O2S. The third-order valence-corrected chi connectivity index (χ3v) is 6.66. The average Bonchev–Trinajstić information content (AvgIpc) is 3.30. The maximum atomic E-state index is 11.0. The smallest absolute Gasteiger partial charge is 0.307 e. The molecule has 0 bridgehead atoms. The van der Waals surface area contributed by atoms with Crippen molar-refractivity contribution < 1.29 is 9.90 Å². The molecule has 0 aliphatic heterocycles. The van der Waals surface area contributed by atoms with Crippen LogP contribution >= 0.6 is 11.8 Å². The predicted molar refractivity (Wildman–Crippen MR) is 138 cm³/mol. The number of hydrogen-bond donors (Lipinski definition) is 2. The third kappa shape index (κ3) is 4.60. The van der Waals surface area contributed by atoms with Crippen molar-refractivity contribution >= 4 is 41.9 Å². The maximum Gasteiger partial charge on any atom is 0.307 e. The minimum absolute atomic E-state index is 0.00485. The molecule has 5 rings (SSSR count). The van der Waals surface area contributed by atoms with Gasteiger partial charge in [0.1, 0.15) is 10.8 Å². The molecule has 0 saturated heterocycles. The number of fused-ring (bicyclic) bond motifs is 1. The van der Waals surface area contributed by atoms with Crippen LogP contribution in [0.25, 0.3) is 28.0 Å². The van der Waals surface area contributed by atoms with Crippen molar-refractivity contribution in [2.24, 2.45) is 0 Å². The number of nitrogens with two attached hydrogens (primary N) is 1. The van der Waals surface area contributed by atoms with Gasteiger partial charge in [-0.3, -0.25) is 14.8 Å². The molecule has 0 amide bonds. The van der Waals surface area contributed by atoms with E-state index in [9.17, 15) is 4.79 Å². The fourth-order valence-corrected chi connectivity index (χ4v) is 4.85. The highest BCUT2D eigenvalue weighted by Gasteiger charge is 2.18. The molecule has 0 aliphatic carbocycles. The first-order chi connectivity index (χ1) is 17.0. The van der Waals surface area contributed by atoms with E-state index in [1.54, 1.807) is 29.3 Å². The number of carboxylic acids is 1. The Morgan fingerprint density at radius 1 is 1.09 bits per heavy atom. The Bertz CT molecular complexity index is 1510. The minimum atomic E-state index is -0.852. The van der Waals surface area contributed by atoms with Gasteiger partial charge in [0.15, 0.2) is 12.9 Å². The monoisotopic (exact) mass is 480 g/mol. The lowest BCUT2D eigenvalue weighted by Crippen LogP contribution is -2.24. The molecule has 5 aromatic rings. The van der Waals surface area contributed by atoms with E-state index in [2.05, 4.69) is 15.1 Å². The van der Waals surface area contributed by atoms with E-state index in [-0.39, 0.29) is 6.42 Å². The van der Waals surface area contributed by atoms with Gasteiger partial charge in [-0.2, -0.15) is 9.61 Å². The van der Waals surface area contributed by atoms with Crippen LogP contribution in [0.1, 0.15) is 5.56 Å². The van der Waals surface area contributed by atoms with Crippen LogP contribution in [-0.2, 0) is 11.2 Å². The summed E-state index contributed by atoms with van der Waals surface area (Å²) in [5.74, 6) is -0.302. The van der Waals surface area contributed by atoms with Crippen molar-refractivity contribution in [1.29, 1.82) is 0 Å². The number of pyridine rings is 2. The molecule has 1 aromatic carbocycles. The van der Waals surface area contributed by atoms with E-state index in [1.807, 2.05) is 55.4 Å². The SMILES string of the molecule is CBc1c(Sc2ccc(CC(=O)O)cc2)nc2c(-c3ccc(-c4cccnc4)nc3)cnn2c1N. The summed E-state index contributed by atoms with van der Waals surface area (Å²) in [6, 6.07) is 15.3. The third-order valence-electron chi connectivity index (χ3n) is 5.63. The highest BCUT2D eigenvalue weighted by molar-refractivity contribution is 7.99. The van der Waals surface area contributed by atoms with Gasteiger partial charge in [-0.05, 0) is 41.4 Å². The summed E-state index contributed by atoms with van der Waals surface area (Å²) in [4.78, 5) is 25.6. The van der Waals surface area contributed by atoms with Crippen LogP contribution in [0.15, 0.2) is 83.2 Å². The lowest BCUT2D eigenvalue weighted by atomic mass is 9.74. The van der Waals surface area contributed by atoms with Crippen molar-refractivity contribution in [3.05, 3.63) is 78.9 Å². The van der Waals surface area contributed by atoms with Gasteiger partial charge in [0.2, 0.25) is 0 Å². The quantitative estimate of drug-likeness (QED) is 0.269. The van der Waals surface area contributed by atoms with Crippen LogP contribution in [0.5, 0.6) is 0 Å². The van der Waals surface area contributed by atoms with E-state index in [1.165, 1.54) is 11.8 Å². The Labute approximate surface area is 206 Å². The summed E-state index contributed by atoms with van der Waals surface area (Å²) in [5.41, 5.74) is 12.3. The van der Waals surface area contributed by atoms with Gasteiger partial charge >= 0.3 is 5.97 Å². The summed E-state index contributed by atoms with van der Waals surface area (Å²) in [6.07, 6.45) is 7.07. The number of aromatic nitrogens is 5. The number of nitrogen functional groups attached to an aromatic ring is 1. The van der Waals surface area contributed by atoms with Crippen molar-refractivity contribution in [2.75, 3.05) is 5.73 Å². The molecule has 10 heteroatoms. The molecule has 0 unspecified atom stereocenters. The van der Waals surface area contributed by atoms with Crippen LogP contribution in [0.3, 0.4) is 0 Å². The molecule has 35 heavy (non-hydrogen) atoms. The van der Waals surface area contributed by atoms with Crippen molar-refractivity contribution in [2.45, 2.75) is 23.2 Å². The highest BCUT2D eigenvalue weighted by Crippen LogP contribution is 2.30. The molecule has 0 radical (unpaired) electrons. The second-order valence-electron chi connectivity index (χ2n) is 7.92. The van der Waals surface area contributed by atoms with E-state index in [4.69, 9.17) is 15.8 Å². The lowest BCUT2D eigenvalue weighted by molar-refractivity contribution is -0.136. The second-order valence-corrected chi connectivity index (χ2v) is 8.98. The van der Waals surface area contributed by atoms with E-state index >= 15 is 0 Å². The zero-order chi connectivity index (χ0) is 24.4. The summed E-state index contributed by atoms with van der Waals surface area (Å²) < 4.78 is 1.67. The maximum absolute atomic E-state index is 11.0. The first-order valence-corrected chi connectivity index (χ1v) is 11.9. The topological polar surface area (TPSA) is 119 Å². The van der Waals surface area contributed by atoms with Crippen molar-refractivity contribution in [3.63, 3.8) is 0 Å². The molecule has 3 N–H and O–H groups in total. The van der Waals surface area contributed by atoms with Gasteiger partial charge in [0.05, 0.1) is 18.3 Å². The highest BCUT2D eigenvalue weighted by atomic mass is 32.2. The van der Waals surface area contributed by atoms with Crippen molar-refractivity contribution in [1.82, 2.24) is 24.6 Å². The minimum Gasteiger partial charge on any atom is -0.481 e. The van der Waals surface area contributed by atoms with Gasteiger partial charge in [0.25, 0.3) is 0 Å². The van der Waals surface area contributed by atoms with Crippen LogP contribution < -0.4 is 11.2 Å². The summed E-state index contributed by atoms with van der Waals surface area (Å²) in [6.45, 7) is 2.03. The van der Waals surface area contributed by atoms with Crippen LogP contribution in [0, 0.1) is 0 Å². The predicted octanol–water partition coefficient (Wildman–Crippen LogP) is 3.32. The molecule has 0 atom stereocenters. The molecule has 4 heterocycles. The number of hydrogen-bond acceptors (Lipinski definition) is 7. The summed E-state index contributed by atoms with van der Waals surface area (Å²) in [5, 5.41) is 14.3. The molecular weight excluding hydrogens is 459 g/mol. The lowest BCUT2D eigenvalue weighted by Gasteiger charge is -2.12. The Morgan fingerprint density at radius 2 is 1.91 bits per heavy atom. The standard InChI is InChI=1S/C25H21BN6O2S/c1-26-22-23(27)32-24(31-25(22)35-18-7-4-15(5-8-18)11-21(33)34)19(14-30-32)16-6-9-20(29-13-16)17-3-2-10-28-12-17/h2-10,12-14,26H,11,27H2,1H3,(H,33,34). The number of nitrogens with zero attached hydrogens (tertiary/aromatic N) is 5. The van der Waals surface area contributed by atoms with E-state index in [0.717, 1.165) is 43.3 Å². The normalized spacial score (nSPS) is 11.0. The second kappa shape index (κ2) is 9.59. The summed E-state index contributed by atoms with van der Waals surface area (Å²) >= 11 is 1.50. The van der Waals surface area contributed by atoms with Crippen LogP contribution in [-0.4, -0.2) is 42.9 Å².